The van der Waals surface area contributed by atoms with E-state index in [9.17, 15) is 8.78 Å². The molecule has 3 nitrogen and oxygen atoms in total. The smallest absolute Gasteiger partial charge is 0.178 e. The quantitative estimate of drug-likeness (QED) is 0.724. The molecule has 0 saturated carbocycles. The van der Waals surface area contributed by atoms with Crippen LogP contribution in [0.5, 0.6) is 0 Å². The van der Waals surface area contributed by atoms with Crippen LogP contribution in [0.3, 0.4) is 0 Å². The molecule has 0 amide bonds. The third-order valence-electron chi connectivity index (χ3n) is 3.30. The van der Waals surface area contributed by atoms with E-state index in [-0.39, 0.29) is 11.6 Å². The molecule has 0 aliphatic heterocycles. The van der Waals surface area contributed by atoms with Crippen LogP contribution in [0.1, 0.15) is 18.5 Å². The number of H-pyrrole nitrogens is 1. The van der Waals surface area contributed by atoms with E-state index < -0.39 is 11.6 Å². The number of hydrogen-bond acceptors (Lipinski definition) is 2. The number of pyridine rings is 1. The Morgan fingerprint density at radius 2 is 2.15 bits per heavy atom. The van der Waals surface area contributed by atoms with Gasteiger partial charge in [0.1, 0.15) is 11.3 Å². The molecule has 0 aliphatic rings. The monoisotopic (exact) mass is 291 g/mol. The van der Waals surface area contributed by atoms with Gasteiger partial charge in [-0.15, -0.1) is 0 Å². The molecule has 0 spiro atoms. The standard InChI is InChI=1S/C14H11F2N3S/c1-8(9-3-2-4-17-7-9)19-12-6-10(15)5-11(16)13(12)18-14(19)20/h2-8H,1H3,(H,18,20). The molecule has 0 bridgehead atoms. The number of aromatic nitrogens is 3. The lowest BCUT2D eigenvalue weighted by molar-refractivity contribution is 0.588. The van der Waals surface area contributed by atoms with Crippen LogP contribution in [0.25, 0.3) is 11.0 Å². The summed E-state index contributed by atoms with van der Waals surface area (Å²) < 4.78 is 29.2. The molecule has 1 atom stereocenters. The number of hydrogen-bond donors (Lipinski definition) is 1. The second kappa shape index (κ2) is 4.79. The Hall–Kier alpha value is -2.08. The van der Waals surface area contributed by atoms with Crippen LogP contribution in [0.2, 0.25) is 0 Å². The van der Waals surface area contributed by atoms with Crippen LogP contribution < -0.4 is 0 Å². The second-order valence-corrected chi connectivity index (χ2v) is 4.93. The Morgan fingerprint density at radius 1 is 1.35 bits per heavy atom. The Bertz CT molecular complexity index is 824. The minimum absolute atomic E-state index is 0.175. The first-order valence-electron chi connectivity index (χ1n) is 6.07. The summed E-state index contributed by atoms with van der Waals surface area (Å²) in [5.74, 6) is -1.28. The van der Waals surface area contributed by atoms with Gasteiger partial charge in [0.15, 0.2) is 10.6 Å². The molecular formula is C14H11F2N3S. The van der Waals surface area contributed by atoms with Gasteiger partial charge < -0.3 is 9.55 Å². The number of fused-ring (bicyclic) bond motifs is 1. The highest BCUT2D eigenvalue weighted by Crippen LogP contribution is 2.26. The number of nitrogens with one attached hydrogen (secondary N) is 1. The summed E-state index contributed by atoms with van der Waals surface area (Å²) in [4.78, 5) is 6.84. The summed E-state index contributed by atoms with van der Waals surface area (Å²) in [6, 6.07) is 5.65. The van der Waals surface area contributed by atoms with Crippen molar-refractivity contribution >= 4 is 23.3 Å². The molecule has 0 aliphatic carbocycles. The van der Waals surface area contributed by atoms with Gasteiger partial charge in [0.25, 0.3) is 0 Å². The van der Waals surface area contributed by atoms with Crippen molar-refractivity contribution in [1.82, 2.24) is 14.5 Å². The van der Waals surface area contributed by atoms with Crippen molar-refractivity contribution in [3.05, 3.63) is 58.6 Å². The highest BCUT2D eigenvalue weighted by Gasteiger charge is 2.16. The molecule has 0 radical (unpaired) electrons. The molecule has 102 valence electrons. The Labute approximate surface area is 118 Å². The lowest BCUT2D eigenvalue weighted by atomic mass is 10.1. The second-order valence-electron chi connectivity index (χ2n) is 4.54. The molecule has 1 unspecified atom stereocenters. The number of benzene rings is 1. The molecule has 20 heavy (non-hydrogen) atoms. The zero-order chi connectivity index (χ0) is 14.3. The van der Waals surface area contributed by atoms with Crippen molar-refractivity contribution in [3.8, 4) is 0 Å². The topological polar surface area (TPSA) is 33.6 Å². The number of aromatic amines is 1. The van der Waals surface area contributed by atoms with Crippen LogP contribution in [0.4, 0.5) is 8.78 Å². The summed E-state index contributed by atoms with van der Waals surface area (Å²) in [7, 11) is 0. The van der Waals surface area contributed by atoms with Crippen molar-refractivity contribution < 1.29 is 8.78 Å². The minimum atomic E-state index is -0.650. The SMILES string of the molecule is CC(c1cccnc1)n1c(=S)[nH]c2c(F)cc(F)cc21. The van der Waals surface area contributed by atoms with E-state index in [1.165, 1.54) is 6.07 Å². The largest absolute Gasteiger partial charge is 0.328 e. The number of imidazole rings is 1. The summed E-state index contributed by atoms with van der Waals surface area (Å²) in [6.07, 6.45) is 3.38. The fraction of sp³-hybridized carbons (Fsp3) is 0.143. The first-order valence-corrected chi connectivity index (χ1v) is 6.48. The van der Waals surface area contributed by atoms with Crippen LogP contribution in [0.15, 0.2) is 36.7 Å². The van der Waals surface area contributed by atoms with Crippen molar-refractivity contribution in [2.24, 2.45) is 0 Å². The molecule has 0 saturated heterocycles. The molecule has 2 heterocycles. The van der Waals surface area contributed by atoms with E-state index in [2.05, 4.69) is 9.97 Å². The summed E-state index contributed by atoms with van der Waals surface area (Å²) in [5, 5.41) is 0. The number of rotatable bonds is 2. The number of nitrogens with zero attached hydrogens (tertiary/aromatic N) is 2. The van der Waals surface area contributed by atoms with E-state index in [1.54, 1.807) is 17.0 Å². The molecule has 1 aromatic carbocycles. The van der Waals surface area contributed by atoms with Crippen LogP contribution in [-0.4, -0.2) is 14.5 Å². The van der Waals surface area contributed by atoms with Crippen molar-refractivity contribution in [2.45, 2.75) is 13.0 Å². The van der Waals surface area contributed by atoms with E-state index in [0.29, 0.717) is 10.3 Å². The predicted molar refractivity (Wildman–Crippen MR) is 75.1 cm³/mol. The van der Waals surface area contributed by atoms with Gasteiger partial charge in [-0.2, -0.15) is 0 Å². The fourth-order valence-corrected chi connectivity index (χ4v) is 2.67. The molecule has 3 rings (SSSR count). The van der Waals surface area contributed by atoms with Gasteiger partial charge in [-0.05, 0) is 36.8 Å². The third-order valence-corrected chi connectivity index (χ3v) is 3.60. The lowest BCUT2D eigenvalue weighted by Crippen LogP contribution is -2.07. The number of halogens is 2. The van der Waals surface area contributed by atoms with Gasteiger partial charge in [0.05, 0.1) is 11.6 Å². The molecule has 0 fully saturated rings. The molecule has 1 N–H and O–H groups in total. The molecular weight excluding hydrogens is 280 g/mol. The van der Waals surface area contributed by atoms with E-state index in [1.807, 2.05) is 19.1 Å². The Kier molecular flexibility index (Phi) is 3.10. The zero-order valence-corrected chi connectivity index (χ0v) is 11.4. The van der Waals surface area contributed by atoms with E-state index >= 15 is 0 Å². The van der Waals surface area contributed by atoms with Crippen LogP contribution in [-0.2, 0) is 0 Å². The van der Waals surface area contributed by atoms with Crippen LogP contribution >= 0.6 is 12.2 Å². The zero-order valence-electron chi connectivity index (χ0n) is 10.6. The predicted octanol–water partition coefficient (Wildman–Crippen LogP) is 3.98. The van der Waals surface area contributed by atoms with Gasteiger partial charge in [-0.3, -0.25) is 4.98 Å². The maximum absolute atomic E-state index is 13.8. The lowest BCUT2D eigenvalue weighted by Gasteiger charge is -2.14. The summed E-state index contributed by atoms with van der Waals surface area (Å²) in [6.45, 7) is 1.91. The Morgan fingerprint density at radius 3 is 2.85 bits per heavy atom. The van der Waals surface area contributed by atoms with Gasteiger partial charge in [-0.25, -0.2) is 8.78 Å². The van der Waals surface area contributed by atoms with Gasteiger partial charge in [0, 0.05) is 18.5 Å². The normalized spacial score (nSPS) is 12.8. The minimum Gasteiger partial charge on any atom is -0.328 e. The van der Waals surface area contributed by atoms with Gasteiger partial charge >= 0.3 is 0 Å². The van der Waals surface area contributed by atoms with E-state index in [0.717, 1.165) is 11.6 Å². The van der Waals surface area contributed by atoms with Gasteiger partial charge in [-0.1, -0.05) is 6.07 Å². The maximum atomic E-state index is 13.8. The average molecular weight is 291 g/mol. The van der Waals surface area contributed by atoms with Crippen molar-refractivity contribution in [3.63, 3.8) is 0 Å². The molecule has 2 aromatic heterocycles. The maximum Gasteiger partial charge on any atom is 0.178 e. The highest BCUT2D eigenvalue weighted by molar-refractivity contribution is 7.71. The van der Waals surface area contributed by atoms with Crippen LogP contribution in [0, 0.1) is 16.4 Å². The van der Waals surface area contributed by atoms with Gasteiger partial charge in [0.2, 0.25) is 0 Å². The molecule has 6 heteroatoms. The molecule has 3 aromatic rings. The first-order chi connectivity index (χ1) is 9.58. The first kappa shape index (κ1) is 12.9. The highest BCUT2D eigenvalue weighted by atomic mass is 32.1. The average Bonchev–Trinajstić information content (AvgIpc) is 2.76. The fourth-order valence-electron chi connectivity index (χ4n) is 2.31. The van der Waals surface area contributed by atoms with Crippen molar-refractivity contribution in [2.75, 3.05) is 0 Å². The summed E-state index contributed by atoms with van der Waals surface area (Å²) >= 11 is 5.23. The van der Waals surface area contributed by atoms with Crippen molar-refractivity contribution in [1.29, 1.82) is 0 Å². The van der Waals surface area contributed by atoms with E-state index in [4.69, 9.17) is 12.2 Å². The Balaban J connectivity index is 2.26. The third kappa shape index (κ3) is 2.02. The summed E-state index contributed by atoms with van der Waals surface area (Å²) in [5.41, 5.74) is 1.53.